The van der Waals surface area contributed by atoms with Crippen LogP contribution in [0.2, 0.25) is 5.02 Å². The van der Waals surface area contributed by atoms with E-state index in [1.165, 1.54) is 13.3 Å². The van der Waals surface area contributed by atoms with Gasteiger partial charge in [0, 0.05) is 3.57 Å². The number of phenols is 1. The smallest absolute Gasteiger partial charge is 0.275 e. The Balaban J connectivity index is 1.46. The summed E-state index contributed by atoms with van der Waals surface area (Å²) in [6.07, 6.45) is 1.44. The number of halogens is 2. The molecule has 0 unspecified atom stereocenters. The molecule has 0 saturated carbocycles. The van der Waals surface area contributed by atoms with Gasteiger partial charge >= 0.3 is 0 Å². The zero-order valence-electron chi connectivity index (χ0n) is 18.1. The fraction of sp³-hybridized carbons (Fsp3) is 0.0769. The summed E-state index contributed by atoms with van der Waals surface area (Å²) < 4.78 is 12.5. The second kappa shape index (κ2) is 10.8. The van der Waals surface area contributed by atoms with Crippen LogP contribution in [0.25, 0.3) is 10.8 Å². The number of carbonyl (C=O) groups excluding carboxylic acids is 1. The highest BCUT2D eigenvalue weighted by molar-refractivity contribution is 14.1. The van der Waals surface area contributed by atoms with Crippen molar-refractivity contribution in [3.05, 3.63) is 98.1 Å². The van der Waals surface area contributed by atoms with E-state index in [-0.39, 0.29) is 11.3 Å². The predicted molar refractivity (Wildman–Crippen MR) is 142 cm³/mol. The maximum Gasteiger partial charge on any atom is 0.275 e. The van der Waals surface area contributed by atoms with E-state index in [9.17, 15) is 9.90 Å². The van der Waals surface area contributed by atoms with Crippen LogP contribution in [0.5, 0.6) is 17.2 Å². The minimum absolute atomic E-state index is 0.120. The van der Waals surface area contributed by atoms with E-state index in [2.05, 4.69) is 33.1 Å². The van der Waals surface area contributed by atoms with Gasteiger partial charge in [0.05, 0.1) is 23.9 Å². The Bertz CT molecular complexity index is 1370. The van der Waals surface area contributed by atoms with Gasteiger partial charge in [-0.15, -0.1) is 0 Å². The summed E-state index contributed by atoms with van der Waals surface area (Å²) in [4.78, 5) is 12.5. The lowest BCUT2D eigenvalue weighted by Crippen LogP contribution is -2.17. The van der Waals surface area contributed by atoms with Crippen LogP contribution in [-0.2, 0) is 6.61 Å². The molecule has 34 heavy (non-hydrogen) atoms. The molecule has 0 radical (unpaired) electrons. The number of nitrogens with one attached hydrogen (secondary N) is 1. The van der Waals surface area contributed by atoms with Crippen LogP contribution < -0.4 is 14.9 Å². The molecule has 0 heterocycles. The van der Waals surface area contributed by atoms with Crippen molar-refractivity contribution in [1.82, 2.24) is 5.43 Å². The van der Waals surface area contributed by atoms with Crippen molar-refractivity contribution < 1.29 is 19.4 Å². The first-order valence-corrected chi connectivity index (χ1v) is 11.7. The Labute approximate surface area is 215 Å². The van der Waals surface area contributed by atoms with Crippen molar-refractivity contribution in [3.63, 3.8) is 0 Å². The number of fused-ring (bicyclic) bond motifs is 1. The minimum Gasteiger partial charge on any atom is -0.507 e. The highest BCUT2D eigenvalue weighted by Gasteiger charge is 2.14. The van der Waals surface area contributed by atoms with Gasteiger partial charge in [0.2, 0.25) is 0 Å². The van der Waals surface area contributed by atoms with E-state index in [0.717, 1.165) is 19.9 Å². The summed E-state index contributed by atoms with van der Waals surface area (Å²) in [6, 6.07) is 22.0. The predicted octanol–water partition coefficient (Wildman–Crippen LogP) is 6.15. The molecule has 2 N–H and O–H groups in total. The molecule has 0 saturated heterocycles. The quantitative estimate of drug-likeness (QED) is 0.155. The lowest BCUT2D eigenvalue weighted by atomic mass is 10.1. The molecule has 0 aliphatic carbocycles. The maximum absolute atomic E-state index is 12.5. The van der Waals surface area contributed by atoms with Crippen molar-refractivity contribution in [3.8, 4) is 17.2 Å². The first kappa shape index (κ1) is 23.8. The topological polar surface area (TPSA) is 80.2 Å². The molecule has 8 heteroatoms. The second-order valence-electron chi connectivity index (χ2n) is 7.36. The summed E-state index contributed by atoms with van der Waals surface area (Å²) >= 11 is 8.68. The Morgan fingerprint density at radius 3 is 2.50 bits per heavy atom. The number of hydrogen-bond donors (Lipinski definition) is 2. The van der Waals surface area contributed by atoms with E-state index in [1.807, 2.05) is 48.5 Å². The molecule has 6 nitrogen and oxygen atoms in total. The van der Waals surface area contributed by atoms with E-state index < -0.39 is 5.91 Å². The third-order valence-corrected chi connectivity index (χ3v) is 6.04. The van der Waals surface area contributed by atoms with Gasteiger partial charge in [-0.1, -0.05) is 48.0 Å². The number of aromatic hydroxyl groups is 1. The van der Waals surface area contributed by atoms with E-state index in [4.69, 9.17) is 21.1 Å². The van der Waals surface area contributed by atoms with Gasteiger partial charge < -0.3 is 14.6 Å². The van der Waals surface area contributed by atoms with Crippen LogP contribution in [0.4, 0.5) is 0 Å². The van der Waals surface area contributed by atoms with Crippen molar-refractivity contribution >= 4 is 57.1 Å². The number of hydrogen-bond acceptors (Lipinski definition) is 5. The first-order valence-electron chi connectivity index (χ1n) is 10.2. The van der Waals surface area contributed by atoms with Crippen LogP contribution in [-0.4, -0.2) is 24.3 Å². The van der Waals surface area contributed by atoms with Crippen LogP contribution in [0.3, 0.4) is 0 Å². The Morgan fingerprint density at radius 2 is 1.79 bits per heavy atom. The number of amides is 1. The second-order valence-corrected chi connectivity index (χ2v) is 9.02. The normalized spacial score (nSPS) is 11.0. The van der Waals surface area contributed by atoms with E-state index in [1.54, 1.807) is 24.3 Å². The third-order valence-electron chi connectivity index (χ3n) is 5.04. The maximum atomic E-state index is 12.5. The molecule has 0 aromatic heterocycles. The molecule has 1 amide bonds. The lowest BCUT2D eigenvalue weighted by Gasteiger charge is -2.13. The molecule has 0 spiro atoms. The van der Waals surface area contributed by atoms with Crippen molar-refractivity contribution in [2.24, 2.45) is 5.10 Å². The number of ether oxygens (including phenoxy) is 2. The van der Waals surface area contributed by atoms with Crippen molar-refractivity contribution in [2.45, 2.75) is 6.61 Å². The summed E-state index contributed by atoms with van der Waals surface area (Å²) in [5.41, 5.74) is 4.17. The number of hydrazone groups is 1. The molecule has 4 aromatic rings. The Kier molecular flexibility index (Phi) is 7.54. The zero-order valence-corrected chi connectivity index (χ0v) is 21.0. The van der Waals surface area contributed by atoms with Gasteiger partial charge in [0.1, 0.15) is 12.4 Å². The molecule has 0 aliphatic heterocycles. The average Bonchev–Trinajstić information content (AvgIpc) is 2.83. The zero-order chi connectivity index (χ0) is 24.1. The molecule has 4 rings (SSSR count). The van der Waals surface area contributed by atoms with Crippen molar-refractivity contribution in [2.75, 3.05) is 7.11 Å². The first-order chi connectivity index (χ1) is 16.4. The monoisotopic (exact) mass is 586 g/mol. The SMILES string of the molecule is COc1cc(C=NNC(=O)c2cc3ccccc3cc2O)cc(Cl)c1OCc1ccc(I)cc1. The Morgan fingerprint density at radius 1 is 1.09 bits per heavy atom. The number of carbonyl (C=O) groups is 1. The molecule has 4 aromatic carbocycles. The molecule has 0 atom stereocenters. The van der Waals surface area contributed by atoms with Gasteiger partial charge in [-0.05, 0) is 80.9 Å². The summed E-state index contributed by atoms with van der Waals surface area (Å²) in [7, 11) is 1.52. The fourth-order valence-electron chi connectivity index (χ4n) is 3.33. The molecular weight excluding hydrogens is 567 g/mol. The molecular formula is C26H20ClIN2O4. The number of rotatable bonds is 7. The van der Waals surface area contributed by atoms with E-state index >= 15 is 0 Å². The minimum atomic E-state index is -0.532. The van der Waals surface area contributed by atoms with E-state index in [0.29, 0.717) is 28.7 Å². The average molecular weight is 587 g/mol. The standard InChI is InChI=1S/C26H20ClIN2O4/c1-33-24-11-17(10-22(27)25(24)34-15-16-6-8-20(28)9-7-16)14-29-30-26(32)21-12-18-4-2-3-5-19(18)13-23(21)31/h2-14,31H,15H2,1H3,(H,30,32). The van der Waals surface area contributed by atoms with Crippen molar-refractivity contribution in [1.29, 1.82) is 0 Å². The lowest BCUT2D eigenvalue weighted by molar-refractivity contribution is 0.0952. The third kappa shape index (κ3) is 5.60. The fourth-order valence-corrected chi connectivity index (χ4v) is 3.96. The number of phenolic OH excluding ortho intramolecular Hbond substituents is 1. The molecule has 0 bridgehead atoms. The summed E-state index contributed by atoms with van der Waals surface area (Å²) in [6.45, 7) is 0.339. The largest absolute Gasteiger partial charge is 0.507 e. The molecule has 172 valence electrons. The molecule has 0 fully saturated rings. The molecule has 0 aliphatic rings. The van der Waals surface area contributed by atoms with Gasteiger partial charge in [0.15, 0.2) is 11.5 Å². The van der Waals surface area contributed by atoms with Gasteiger partial charge in [-0.3, -0.25) is 4.79 Å². The number of methoxy groups -OCH3 is 1. The van der Waals surface area contributed by atoms with Gasteiger partial charge in [-0.2, -0.15) is 5.10 Å². The summed E-state index contributed by atoms with van der Waals surface area (Å²) in [5, 5.41) is 16.2. The number of benzene rings is 4. The highest BCUT2D eigenvalue weighted by Crippen LogP contribution is 2.36. The Hall–Kier alpha value is -3.30. The van der Waals surface area contributed by atoms with Crippen LogP contribution >= 0.6 is 34.2 Å². The summed E-state index contributed by atoms with van der Waals surface area (Å²) in [5.74, 6) is 0.212. The van der Waals surface area contributed by atoms with Gasteiger partial charge in [0.25, 0.3) is 5.91 Å². The van der Waals surface area contributed by atoms with Crippen LogP contribution in [0.15, 0.2) is 77.9 Å². The van der Waals surface area contributed by atoms with Crippen LogP contribution in [0.1, 0.15) is 21.5 Å². The highest BCUT2D eigenvalue weighted by atomic mass is 127. The van der Waals surface area contributed by atoms with Gasteiger partial charge in [-0.25, -0.2) is 5.43 Å². The number of nitrogens with zero attached hydrogens (tertiary/aromatic N) is 1. The van der Waals surface area contributed by atoms with Crippen LogP contribution in [0, 0.1) is 3.57 Å².